The lowest BCUT2D eigenvalue weighted by Gasteiger charge is -2.13. The standard InChI is InChI=1S/C24H19Cl2N3O3/c1-14-11-16(15(2)29(14)21-10-5-4-7-18(21)24(31)32-3)12-17(13-27)23(30)28-20-9-6-8-19(25)22(20)26/h4-12H,1-3H3,(H,28,30)/b17-12-. The summed E-state index contributed by atoms with van der Waals surface area (Å²) in [7, 11) is 1.33. The molecule has 0 bridgehead atoms. The third-order valence-corrected chi connectivity index (χ3v) is 5.70. The number of esters is 1. The first-order chi connectivity index (χ1) is 15.3. The topological polar surface area (TPSA) is 84.1 Å². The first kappa shape index (κ1) is 23.1. The van der Waals surface area contributed by atoms with Crippen LogP contribution in [0.5, 0.6) is 0 Å². The fourth-order valence-electron chi connectivity index (χ4n) is 3.35. The van der Waals surface area contributed by atoms with Crippen LogP contribution in [-0.2, 0) is 9.53 Å². The average molecular weight is 468 g/mol. The first-order valence-corrected chi connectivity index (χ1v) is 10.3. The quantitative estimate of drug-likeness (QED) is 0.294. The van der Waals surface area contributed by atoms with Crippen LogP contribution in [-0.4, -0.2) is 23.6 Å². The molecule has 0 fully saturated rings. The molecule has 162 valence electrons. The maximum atomic E-state index is 12.7. The van der Waals surface area contributed by atoms with Crippen LogP contribution < -0.4 is 5.32 Å². The Hall–Kier alpha value is -3.53. The molecular weight excluding hydrogens is 449 g/mol. The van der Waals surface area contributed by atoms with Crippen molar-refractivity contribution in [3.05, 3.63) is 86.7 Å². The van der Waals surface area contributed by atoms with Gasteiger partial charge in [-0.25, -0.2) is 4.79 Å². The Bertz CT molecular complexity index is 1290. The highest BCUT2D eigenvalue weighted by atomic mass is 35.5. The fraction of sp³-hybridized carbons (Fsp3) is 0.125. The molecule has 6 nitrogen and oxygen atoms in total. The van der Waals surface area contributed by atoms with Gasteiger partial charge in [0.2, 0.25) is 0 Å². The van der Waals surface area contributed by atoms with Gasteiger partial charge in [0.15, 0.2) is 0 Å². The van der Waals surface area contributed by atoms with Gasteiger partial charge in [0.1, 0.15) is 11.6 Å². The van der Waals surface area contributed by atoms with E-state index in [1.165, 1.54) is 13.2 Å². The van der Waals surface area contributed by atoms with E-state index in [0.29, 0.717) is 27.5 Å². The minimum atomic E-state index is -0.614. The van der Waals surface area contributed by atoms with Crippen molar-refractivity contribution < 1.29 is 14.3 Å². The Labute approximate surface area is 195 Å². The van der Waals surface area contributed by atoms with Gasteiger partial charge < -0.3 is 14.6 Å². The highest BCUT2D eigenvalue weighted by Crippen LogP contribution is 2.30. The summed E-state index contributed by atoms with van der Waals surface area (Å²) >= 11 is 12.1. The van der Waals surface area contributed by atoms with Gasteiger partial charge in [-0.05, 0) is 55.8 Å². The Morgan fingerprint density at radius 1 is 1.12 bits per heavy atom. The highest BCUT2D eigenvalue weighted by molar-refractivity contribution is 6.44. The minimum Gasteiger partial charge on any atom is -0.465 e. The number of rotatable bonds is 5. The molecule has 0 spiro atoms. The molecule has 0 saturated heterocycles. The molecule has 1 N–H and O–H groups in total. The third-order valence-electron chi connectivity index (χ3n) is 4.89. The van der Waals surface area contributed by atoms with Crippen molar-refractivity contribution in [2.45, 2.75) is 13.8 Å². The summed E-state index contributed by atoms with van der Waals surface area (Å²) < 4.78 is 6.77. The summed E-state index contributed by atoms with van der Waals surface area (Å²) in [4.78, 5) is 24.9. The van der Waals surface area contributed by atoms with Crippen molar-refractivity contribution in [1.82, 2.24) is 4.57 Å². The lowest BCUT2D eigenvalue weighted by Crippen LogP contribution is -2.14. The molecule has 8 heteroatoms. The SMILES string of the molecule is COC(=O)c1ccccc1-n1c(C)cc(/C=C(/C#N)C(=O)Nc2cccc(Cl)c2Cl)c1C. The van der Waals surface area contributed by atoms with Crippen LogP contribution in [0.2, 0.25) is 10.0 Å². The lowest BCUT2D eigenvalue weighted by molar-refractivity contribution is -0.112. The molecule has 0 aliphatic heterocycles. The van der Waals surface area contributed by atoms with Gasteiger partial charge in [-0.1, -0.05) is 41.4 Å². The van der Waals surface area contributed by atoms with Crippen LogP contribution >= 0.6 is 23.2 Å². The molecule has 2 aromatic carbocycles. The second kappa shape index (κ2) is 9.73. The van der Waals surface area contributed by atoms with Crippen molar-refractivity contribution >= 4 is 46.8 Å². The molecule has 0 aliphatic carbocycles. The van der Waals surface area contributed by atoms with Crippen LogP contribution in [0.4, 0.5) is 5.69 Å². The number of nitrogens with one attached hydrogen (secondary N) is 1. The first-order valence-electron chi connectivity index (χ1n) is 9.52. The van der Waals surface area contributed by atoms with Crippen LogP contribution in [0, 0.1) is 25.2 Å². The predicted molar refractivity (Wildman–Crippen MR) is 125 cm³/mol. The van der Waals surface area contributed by atoms with Gasteiger partial charge in [-0.2, -0.15) is 5.26 Å². The number of anilines is 1. The zero-order chi connectivity index (χ0) is 23.4. The third kappa shape index (κ3) is 4.54. The largest absolute Gasteiger partial charge is 0.465 e. The van der Waals surface area contributed by atoms with E-state index in [1.807, 2.05) is 36.6 Å². The number of hydrogen-bond donors (Lipinski definition) is 1. The number of carbonyl (C=O) groups is 2. The maximum Gasteiger partial charge on any atom is 0.339 e. The van der Waals surface area contributed by atoms with Crippen LogP contribution in [0.15, 0.2) is 54.1 Å². The molecule has 0 unspecified atom stereocenters. The van der Waals surface area contributed by atoms with Gasteiger partial charge in [0.25, 0.3) is 5.91 Å². The number of carbonyl (C=O) groups excluding carboxylic acids is 2. The van der Waals surface area contributed by atoms with Crippen molar-refractivity contribution in [2.24, 2.45) is 0 Å². The van der Waals surface area contributed by atoms with E-state index in [9.17, 15) is 14.9 Å². The summed E-state index contributed by atoms with van der Waals surface area (Å²) in [6.07, 6.45) is 1.49. The summed E-state index contributed by atoms with van der Waals surface area (Å²) in [5.41, 5.74) is 3.47. The number of nitrogens with zero attached hydrogens (tertiary/aromatic N) is 2. The van der Waals surface area contributed by atoms with Crippen molar-refractivity contribution in [3.63, 3.8) is 0 Å². The van der Waals surface area contributed by atoms with E-state index in [1.54, 1.807) is 36.4 Å². The number of amides is 1. The molecule has 1 amide bonds. The molecular formula is C24H19Cl2N3O3. The summed E-state index contributed by atoms with van der Waals surface area (Å²) in [5, 5.41) is 12.7. The Balaban J connectivity index is 2.01. The van der Waals surface area contributed by atoms with E-state index in [2.05, 4.69) is 5.32 Å². The lowest BCUT2D eigenvalue weighted by atomic mass is 10.1. The molecule has 0 aliphatic rings. The molecule has 0 atom stereocenters. The normalized spacial score (nSPS) is 11.1. The number of methoxy groups -OCH3 is 1. The number of ether oxygens (including phenoxy) is 1. The number of nitriles is 1. The number of para-hydroxylation sites is 1. The van der Waals surface area contributed by atoms with Crippen LogP contribution in [0.25, 0.3) is 11.8 Å². The van der Waals surface area contributed by atoms with E-state index in [-0.39, 0.29) is 10.6 Å². The zero-order valence-electron chi connectivity index (χ0n) is 17.6. The smallest absolute Gasteiger partial charge is 0.339 e. The van der Waals surface area contributed by atoms with Gasteiger partial charge in [-0.15, -0.1) is 0 Å². The van der Waals surface area contributed by atoms with E-state index in [0.717, 1.165) is 11.4 Å². The second-order valence-electron chi connectivity index (χ2n) is 6.90. The molecule has 3 rings (SSSR count). The van der Waals surface area contributed by atoms with Gasteiger partial charge in [-0.3, -0.25) is 4.79 Å². The van der Waals surface area contributed by atoms with Crippen molar-refractivity contribution in [2.75, 3.05) is 12.4 Å². The Morgan fingerprint density at radius 3 is 2.53 bits per heavy atom. The number of hydrogen-bond acceptors (Lipinski definition) is 4. The van der Waals surface area contributed by atoms with E-state index >= 15 is 0 Å². The zero-order valence-corrected chi connectivity index (χ0v) is 19.1. The molecule has 3 aromatic rings. The minimum absolute atomic E-state index is 0.109. The molecule has 0 radical (unpaired) electrons. The fourth-order valence-corrected chi connectivity index (χ4v) is 3.70. The summed E-state index contributed by atoms with van der Waals surface area (Å²) in [6, 6.07) is 15.7. The number of benzene rings is 2. The maximum absolute atomic E-state index is 12.7. The van der Waals surface area contributed by atoms with Crippen molar-refractivity contribution in [3.8, 4) is 11.8 Å². The Morgan fingerprint density at radius 2 is 1.84 bits per heavy atom. The van der Waals surface area contributed by atoms with Gasteiger partial charge in [0.05, 0.1) is 34.1 Å². The van der Waals surface area contributed by atoms with E-state index in [4.69, 9.17) is 27.9 Å². The van der Waals surface area contributed by atoms with E-state index < -0.39 is 11.9 Å². The molecule has 1 aromatic heterocycles. The molecule has 0 saturated carbocycles. The number of aromatic nitrogens is 1. The highest BCUT2D eigenvalue weighted by Gasteiger charge is 2.18. The second-order valence-corrected chi connectivity index (χ2v) is 7.68. The number of aryl methyl sites for hydroxylation is 1. The van der Waals surface area contributed by atoms with Gasteiger partial charge >= 0.3 is 5.97 Å². The van der Waals surface area contributed by atoms with Gasteiger partial charge in [0, 0.05) is 11.4 Å². The van der Waals surface area contributed by atoms with Crippen molar-refractivity contribution in [1.29, 1.82) is 5.26 Å². The summed E-state index contributed by atoms with van der Waals surface area (Å²) in [6.45, 7) is 3.71. The summed E-state index contributed by atoms with van der Waals surface area (Å²) in [5.74, 6) is -1.07. The monoisotopic (exact) mass is 467 g/mol. The number of halogens is 2. The average Bonchev–Trinajstić information content (AvgIpc) is 3.07. The van der Waals surface area contributed by atoms with Crippen LogP contribution in [0.1, 0.15) is 27.3 Å². The predicted octanol–water partition coefficient (Wildman–Crippen LogP) is 5.73. The Kier molecular flexibility index (Phi) is 7.04. The van der Waals surface area contributed by atoms with Crippen LogP contribution in [0.3, 0.4) is 0 Å². The molecule has 1 heterocycles. The molecule has 32 heavy (non-hydrogen) atoms.